The Morgan fingerprint density at radius 2 is 1.58 bits per heavy atom. The zero-order valence-corrected chi connectivity index (χ0v) is 10.6. The minimum absolute atomic E-state index is 0.0802. The first-order valence-electron chi connectivity index (χ1n) is 6.29. The van der Waals surface area contributed by atoms with Gasteiger partial charge >= 0.3 is 0 Å². The topological polar surface area (TPSA) is 49.3 Å². The second-order valence-corrected chi connectivity index (χ2v) is 4.39. The van der Waals surface area contributed by atoms with E-state index in [4.69, 9.17) is 0 Å². The Hall–Kier alpha value is -2.13. The quantitative estimate of drug-likeness (QED) is 0.862. The molecule has 2 aromatic carbocycles. The van der Waals surface area contributed by atoms with Crippen molar-refractivity contribution in [3.8, 4) is 0 Å². The number of aliphatic hydroxyl groups excluding tert-OH is 1. The fourth-order valence-corrected chi connectivity index (χ4v) is 1.84. The average Bonchev–Trinajstić information content (AvgIpc) is 2.47. The van der Waals surface area contributed by atoms with Crippen LogP contribution in [0.2, 0.25) is 0 Å². The molecule has 0 aliphatic carbocycles. The highest BCUT2D eigenvalue weighted by Crippen LogP contribution is 2.15. The van der Waals surface area contributed by atoms with E-state index in [1.807, 2.05) is 60.7 Å². The fourth-order valence-electron chi connectivity index (χ4n) is 1.84. The molecule has 0 saturated carbocycles. The predicted molar refractivity (Wildman–Crippen MR) is 74.3 cm³/mol. The number of amides is 1. The highest BCUT2D eigenvalue weighted by molar-refractivity contribution is 5.76. The summed E-state index contributed by atoms with van der Waals surface area (Å²) in [6.45, 7) is 0.487. The standard InChI is InChI=1S/C16H17NO2/c18-15(14-9-5-2-6-10-14)11-16(19)17-12-13-7-3-1-4-8-13/h1-10,15,18H,11-12H2,(H,17,19)/t15-/m0/s1. The van der Waals surface area contributed by atoms with Crippen molar-refractivity contribution in [2.75, 3.05) is 0 Å². The molecule has 0 saturated heterocycles. The van der Waals surface area contributed by atoms with Gasteiger partial charge in [-0.15, -0.1) is 0 Å². The Bertz CT molecular complexity index is 511. The van der Waals surface area contributed by atoms with Crippen LogP contribution >= 0.6 is 0 Å². The van der Waals surface area contributed by atoms with Gasteiger partial charge in [-0.3, -0.25) is 4.79 Å². The first-order chi connectivity index (χ1) is 9.25. The molecule has 0 bridgehead atoms. The molecule has 2 N–H and O–H groups in total. The lowest BCUT2D eigenvalue weighted by atomic mass is 10.1. The van der Waals surface area contributed by atoms with Crippen molar-refractivity contribution in [2.24, 2.45) is 0 Å². The maximum absolute atomic E-state index is 11.7. The van der Waals surface area contributed by atoms with Crippen LogP contribution in [-0.4, -0.2) is 11.0 Å². The van der Waals surface area contributed by atoms with Gasteiger partial charge < -0.3 is 10.4 Å². The van der Waals surface area contributed by atoms with Gasteiger partial charge in [-0.1, -0.05) is 60.7 Å². The van der Waals surface area contributed by atoms with Gasteiger partial charge in [-0.2, -0.15) is 0 Å². The summed E-state index contributed by atoms with van der Waals surface area (Å²) >= 11 is 0. The molecule has 3 nitrogen and oxygen atoms in total. The number of hydrogen-bond acceptors (Lipinski definition) is 2. The molecule has 0 unspecified atom stereocenters. The highest BCUT2D eigenvalue weighted by Gasteiger charge is 2.12. The lowest BCUT2D eigenvalue weighted by Gasteiger charge is -2.11. The van der Waals surface area contributed by atoms with E-state index >= 15 is 0 Å². The summed E-state index contributed by atoms with van der Waals surface area (Å²) in [7, 11) is 0. The van der Waals surface area contributed by atoms with Crippen molar-refractivity contribution in [2.45, 2.75) is 19.1 Å². The molecule has 0 fully saturated rings. The summed E-state index contributed by atoms with van der Waals surface area (Å²) in [6.07, 6.45) is -0.673. The van der Waals surface area contributed by atoms with E-state index in [0.717, 1.165) is 11.1 Å². The number of nitrogens with one attached hydrogen (secondary N) is 1. The van der Waals surface area contributed by atoms with E-state index in [1.54, 1.807) is 0 Å². The minimum atomic E-state index is -0.753. The van der Waals surface area contributed by atoms with Crippen LogP contribution in [0.1, 0.15) is 23.7 Å². The van der Waals surface area contributed by atoms with E-state index < -0.39 is 6.10 Å². The van der Waals surface area contributed by atoms with Crippen molar-refractivity contribution in [1.29, 1.82) is 0 Å². The second kappa shape index (κ2) is 6.71. The molecule has 19 heavy (non-hydrogen) atoms. The van der Waals surface area contributed by atoms with E-state index in [0.29, 0.717) is 6.54 Å². The van der Waals surface area contributed by atoms with Gasteiger partial charge in [0.25, 0.3) is 0 Å². The molecule has 0 heterocycles. The van der Waals surface area contributed by atoms with E-state index in [2.05, 4.69) is 5.32 Å². The zero-order chi connectivity index (χ0) is 13.5. The van der Waals surface area contributed by atoms with Crippen LogP contribution in [-0.2, 0) is 11.3 Å². The third-order valence-electron chi connectivity index (χ3n) is 2.90. The summed E-state index contributed by atoms with van der Waals surface area (Å²) in [5.74, 6) is -0.153. The smallest absolute Gasteiger partial charge is 0.223 e. The lowest BCUT2D eigenvalue weighted by Crippen LogP contribution is -2.24. The van der Waals surface area contributed by atoms with Gasteiger partial charge in [0, 0.05) is 6.54 Å². The molecule has 98 valence electrons. The van der Waals surface area contributed by atoms with Crippen LogP contribution in [0.3, 0.4) is 0 Å². The molecule has 0 spiro atoms. The molecule has 0 aliphatic rings. The third-order valence-corrected chi connectivity index (χ3v) is 2.90. The molecule has 1 amide bonds. The first-order valence-corrected chi connectivity index (χ1v) is 6.29. The summed E-state index contributed by atoms with van der Waals surface area (Å²) in [5.41, 5.74) is 1.81. The van der Waals surface area contributed by atoms with Crippen molar-refractivity contribution in [3.63, 3.8) is 0 Å². The monoisotopic (exact) mass is 255 g/mol. The Balaban J connectivity index is 1.82. The van der Waals surface area contributed by atoms with E-state index in [-0.39, 0.29) is 12.3 Å². The molecule has 3 heteroatoms. The molecule has 2 rings (SSSR count). The van der Waals surface area contributed by atoms with Crippen molar-refractivity contribution in [3.05, 3.63) is 71.8 Å². The third kappa shape index (κ3) is 4.23. The Morgan fingerprint density at radius 1 is 1.00 bits per heavy atom. The highest BCUT2D eigenvalue weighted by atomic mass is 16.3. The maximum Gasteiger partial charge on any atom is 0.223 e. The summed E-state index contributed by atoms with van der Waals surface area (Å²) in [5, 5.41) is 12.7. The van der Waals surface area contributed by atoms with E-state index in [9.17, 15) is 9.90 Å². The van der Waals surface area contributed by atoms with Gasteiger partial charge in [0.05, 0.1) is 12.5 Å². The van der Waals surface area contributed by atoms with Gasteiger partial charge in [0.15, 0.2) is 0 Å². The van der Waals surface area contributed by atoms with Crippen LogP contribution in [0.15, 0.2) is 60.7 Å². The first kappa shape index (κ1) is 13.3. The lowest BCUT2D eigenvalue weighted by molar-refractivity contribution is -0.123. The summed E-state index contributed by atoms with van der Waals surface area (Å²) in [4.78, 5) is 11.7. The predicted octanol–water partition coefficient (Wildman–Crippen LogP) is 2.43. The fraction of sp³-hybridized carbons (Fsp3) is 0.188. The number of carbonyl (C=O) groups is 1. The van der Waals surface area contributed by atoms with Gasteiger partial charge in [0.2, 0.25) is 5.91 Å². The Labute approximate surface area is 112 Å². The number of benzene rings is 2. The molecule has 2 aromatic rings. The van der Waals surface area contributed by atoms with Crippen LogP contribution < -0.4 is 5.32 Å². The van der Waals surface area contributed by atoms with Crippen LogP contribution in [0.4, 0.5) is 0 Å². The van der Waals surface area contributed by atoms with Crippen molar-refractivity contribution >= 4 is 5.91 Å². The molecular formula is C16H17NO2. The van der Waals surface area contributed by atoms with Crippen LogP contribution in [0, 0.1) is 0 Å². The Morgan fingerprint density at radius 3 is 2.21 bits per heavy atom. The van der Waals surface area contributed by atoms with Crippen LogP contribution in [0.25, 0.3) is 0 Å². The van der Waals surface area contributed by atoms with Gasteiger partial charge in [-0.05, 0) is 11.1 Å². The zero-order valence-electron chi connectivity index (χ0n) is 10.6. The number of aliphatic hydroxyl groups is 1. The summed E-state index contributed by atoms with van der Waals surface area (Å²) in [6, 6.07) is 18.9. The summed E-state index contributed by atoms with van der Waals surface area (Å²) < 4.78 is 0. The average molecular weight is 255 g/mol. The maximum atomic E-state index is 11.7. The number of rotatable bonds is 5. The van der Waals surface area contributed by atoms with Gasteiger partial charge in [-0.25, -0.2) is 0 Å². The van der Waals surface area contributed by atoms with Crippen molar-refractivity contribution in [1.82, 2.24) is 5.32 Å². The SMILES string of the molecule is O=C(C[C@H](O)c1ccccc1)NCc1ccccc1. The second-order valence-electron chi connectivity index (χ2n) is 4.39. The molecule has 1 atom stereocenters. The van der Waals surface area contributed by atoms with Gasteiger partial charge in [0.1, 0.15) is 0 Å². The molecule has 0 radical (unpaired) electrons. The molecular weight excluding hydrogens is 238 g/mol. The van der Waals surface area contributed by atoms with Crippen molar-refractivity contribution < 1.29 is 9.90 Å². The molecule has 0 aliphatic heterocycles. The van der Waals surface area contributed by atoms with E-state index in [1.165, 1.54) is 0 Å². The number of carbonyl (C=O) groups excluding carboxylic acids is 1. The minimum Gasteiger partial charge on any atom is -0.388 e. The molecule has 0 aromatic heterocycles. The normalized spacial score (nSPS) is 11.8. The Kier molecular flexibility index (Phi) is 4.70. The number of hydrogen-bond donors (Lipinski definition) is 2. The van der Waals surface area contributed by atoms with Crippen LogP contribution in [0.5, 0.6) is 0 Å². The largest absolute Gasteiger partial charge is 0.388 e.